The second-order valence-corrected chi connectivity index (χ2v) is 6.46. The number of hydrogen-bond acceptors (Lipinski definition) is 3. The van der Waals surface area contributed by atoms with Gasteiger partial charge in [-0.15, -0.1) is 0 Å². The number of benzene rings is 1. The maximum absolute atomic E-state index is 12.7. The van der Waals surface area contributed by atoms with Gasteiger partial charge in [0.05, 0.1) is 14.2 Å². The zero-order chi connectivity index (χ0) is 18.7. The van der Waals surface area contributed by atoms with Crippen LogP contribution in [0.4, 0.5) is 13.2 Å². The van der Waals surface area contributed by atoms with Crippen LogP contribution < -0.4 is 9.47 Å². The van der Waals surface area contributed by atoms with Gasteiger partial charge in [0.15, 0.2) is 11.5 Å². The van der Waals surface area contributed by atoms with E-state index in [2.05, 4.69) is 4.99 Å². The molecular formula is C20H22F3NO2. The fourth-order valence-electron chi connectivity index (χ4n) is 3.41. The van der Waals surface area contributed by atoms with Crippen LogP contribution in [-0.2, 0) is 6.42 Å². The lowest BCUT2D eigenvalue weighted by Crippen LogP contribution is -2.15. The Labute approximate surface area is 151 Å². The van der Waals surface area contributed by atoms with Gasteiger partial charge in [-0.1, -0.05) is 17.7 Å². The van der Waals surface area contributed by atoms with Crippen LogP contribution in [0.25, 0.3) is 0 Å². The number of ether oxygens (including phenoxy) is 2. The van der Waals surface area contributed by atoms with Crippen molar-refractivity contribution in [1.82, 2.24) is 0 Å². The summed E-state index contributed by atoms with van der Waals surface area (Å²) in [6.45, 7) is 0.717. The molecule has 3 nitrogen and oxygen atoms in total. The van der Waals surface area contributed by atoms with Crippen molar-refractivity contribution >= 4 is 5.71 Å². The first-order valence-electron chi connectivity index (χ1n) is 8.66. The molecule has 0 saturated carbocycles. The summed E-state index contributed by atoms with van der Waals surface area (Å²) < 4.78 is 48.9. The third-order valence-corrected chi connectivity index (χ3v) is 4.89. The predicted molar refractivity (Wildman–Crippen MR) is 95.3 cm³/mol. The lowest BCUT2D eigenvalue weighted by atomic mass is 9.90. The molecule has 0 bridgehead atoms. The lowest BCUT2D eigenvalue weighted by molar-refractivity contribution is -0.0941. The van der Waals surface area contributed by atoms with Crippen LogP contribution in [0, 0.1) is 0 Å². The van der Waals surface area contributed by atoms with E-state index in [1.54, 1.807) is 20.3 Å². The van der Waals surface area contributed by atoms with Crippen LogP contribution in [0.15, 0.2) is 40.4 Å². The summed E-state index contributed by atoms with van der Waals surface area (Å²) >= 11 is 0. The largest absolute Gasteiger partial charge is 0.493 e. The Morgan fingerprint density at radius 1 is 0.962 bits per heavy atom. The van der Waals surface area contributed by atoms with Crippen LogP contribution in [-0.4, -0.2) is 32.7 Å². The Balaban J connectivity index is 1.74. The maximum atomic E-state index is 12.7. The van der Waals surface area contributed by atoms with Gasteiger partial charge in [-0.2, -0.15) is 13.2 Å². The molecule has 0 unspecified atom stereocenters. The Morgan fingerprint density at radius 3 is 2.31 bits per heavy atom. The minimum absolute atomic E-state index is 0.0589. The van der Waals surface area contributed by atoms with E-state index in [4.69, 9.17) is 9.47 Å². The smallest absolute Gasteiger partial charge is 0.412 e. The molecule has 2 aliphatic rings. The van der Waals surface area contributed by atoms with Crippen LogP contribution in [0.2, 0.25) is 0 Å². The van der Waals surface area contributed by atoms with Crippen LogP contribution in [0.1, 0.15) is 36.8 Å². The topological polar surface area (TPSA) is 30.8 Å². The second-order valence-electron chi connectivity index (χ2n) is 6.46. The van der Waals surface area contributed by atoms with Gasteiger partial charge in [0, 0.05) is 23.4 Å². The van der Waals surface area contributed by atoms with Crippen molar-refractivity contribution in [2.75, 3.05) is 20.8 Å². The molecule has 0 atom stereocenters. The number of allylic oxidation sites excluding steroid dienone is 4. The van der Waals surface area contributed by atoms with Gasteiger partial charge in [0.25, 0.3) is 0 Å². The molecule has 26 heavy (non-hydrogen) atoms. The van der Waals surface area contributed by atoms with E-state index in [0.717, 1.165) is 29.8 Å². The lowest BCUT2D eigenvalue weighted by Gasteiger charge is -2.21. The number of halogens is 3. The molecule has 140 valence electrons. The number of fused-ring (bicyclic) bond motifs is 1. The number of methoxy groups -OCH3 is 2. The van der Waals surface area contributed by atoms with Gasteiger partial charge < -0.3 is 9.47 Å². The van der Waals surface area contributed by atoms with Gasteiger partial charge in [-0.3, -0.25) is 4.99 Å². The number of aliphatic imine (C=N–C) groups is 1. The Morgan fingerprint density at radius 2 is 1.69 bits per heavy atom. The summed E-state index contributed by atoms with van der Waals surface area (Å²) in [6.07, 6.45) is 1.40. The number of rotatable bonds is 5. The van der Waals surface area contributed by atoms with Gasteiger partial charge in [-0.05, 0) is 49.8 Å². The molecular weight excluding hydrogens is 343 g/mol. The Bertz CT molecular complexity index is 776. The fourth-order valence-corrected chi connectivity index (χ4v) is 3.41. The molecule has 6 heteroatoms. The SMILES string of the molecule is COc1cc2c(cc1OC)C(CCC1=CC=C(C(F)(F)F)CC1)=NCC2. The highest BCUT2D eigenvalue weighted by molar-refractivity contribution is 6.03. The summed E-state index contributed by atoms with van der Waals surface area (Å²) in [5, 5.41) is 0. The standard InChI is InChI=1S/C20H22F3NO2/c1-25-18-11-14-9-10-24-17(16(14)12-19(18)26-2)8-5-13-3-6-15(7-4-13)20(21,22)23/h3,6,11-12H,4-5,7-10H2,1-2H3. The van der Waals surface area contributed by atoms with Crippen molar-refractivity contribution in [1.29, 1.82) is 0 Å². The van der Waals surface area contributed by atoms with E-state index in [-0.39, 0.29) is 6.42 Å². The first-order valence-corrected chi connectivity index (χ1v) is 8.66. The molecule has 0 N–H and O–H groups in total. The normalized spacial score (nSPS) is 17.0. The number of nitrogens with zero attached hydrogens (tertiary/aromatic N) is 1. The Kier molecular flexibility index (Phi) is 5.39. The third-order valence-electron chi connectivity index (χ3n) is 4.89. The van der Waals surface area contributed by atoms with Crippen LogP contribution in [0.5, 0.6) is 11.5 Å². The molecule has 1 aliphatic heterocycles. The monoisotopic (exact) mass is 365 g/mol. The minimum Gasteiger partial charge on any atom is -0.493 e. The van der Waals surface area contributed by atoms with Gasteiger partial charge in [0.2, 0.25) is 0 Å². The minimum atomic E-state index is -4.22. The van der Waals surface area contributed by atoms with Gasteiger partial charge >= 0.3 is 6.18 Å². The van der Waals surface area contributed by atoms with Crippen molar-refractivity contribution in [3.05, 3.63) is 46.6 Å². The van der Waals surface area contributed by atoms with Crippen molar-refractivity contribution in [3.8, 4) is 11.5 Å². The fraction of sp³-hybridized carbons (Fsp3) is 0.450. The summed E-state index contributed by atoms with van der Waals surface area (Å²) in [5.41, 5.74) is 3.80. The van der Waals surface area contributed by atoms with E-state index in [1.165, 1.54) is 11.6 Å². The predicted octanol–water partition coefficient (Wildman–Crippen LogP) is 5.04. The molecule has 1 aromatic carbocycles. The first kappa shape index (κ1) is 18.5. The van der Waals surface area contributed by atoms with Gasteiger partial charge in [0.1, 0.15) is 0 Å². The molecule has 0 fully saturated rings. The van der Waals surface area contributed by atoms with Crippen molar-refractivity contribution in [2.24, 2.45) is 4.99 Å². The van der Waals surface area contributed by atoms with Crippen LogP contribution >= 0.6 is 0 Å². The highest BCUT2D eigenvalue weighted by atomic mass is 19.4. The summed E-state index contributed by atoms with van der Waals surface area (Å²) in [5.74, 6) is 1.36. The summed E-state index contributed by atoms with van der Waals surface area (Å²) in [7, 11) is 3.21. The van der Waals surface area contributed by atoms with E-state index in [9.17, 15) is 13.2 Å². The average molecular weight is 365 g/mol. The zero-order valence-corrected chi connectivity index (χ0v) is 14.9. The maximum Gasteiger partial charge on any atom is 0.412 e. The van der Waals surface area contributed by atoms with E-state index >= 15 is 0 Å². The quantitative estimate of drug-likeness (QED) is 0.732. The first-order chi connectivity index (χ1) is 12.4. The molecule has 1 aromatic rings. The molecule has 0 saturated heterocycles. The van der Waals surface area contributed by atoms with E-state index in [0.29, 0.717) is 30.8 Å². The molecule has 3 rings (SSSR count). The van der Waals surface area contributed by atoms with Crippen LogP contribution in [0.3, 0.4) is 0 Å². The highest BCUT2D eigenvalue weighted by Crippen LogP contribution is 2.35. The molecule has 1 heterocycles. The van der Waals surface area contributed by atoms with Gasteiger partial charge in [-0.25, -0.2) is 0 Å². The molecule has 1 aliphatic carbocycles. The number of hydrogen-bond donors (Lipinski definition) is 0. The zero-order valence-electron chi connectivity index (χ0n) is 14.9. The Hall–Kier alpha value is -2.24. The van der Waals surface area contributed by atoms with E-state index < -0.39 is 11.7 Å². The second kappa shape index (κ2) is 7.56. The average Bonchev–Trinajstić information content (AvgIpc) is 2.64. The molecule has 0 radical (unpaired) electrons. The van der Waals surface area contributed by atoms with Crippen molar-refractivity contribution < 1.29 is 22.6 Å². The molecule has 0 amide bonds. The summed E-state index contributed by atoms with van der Waals surface area (Å²) in [4.78, 5) is 4.64. The highest BCUT2D eigenvalue weighted by Gasteiger charge is 2.33. The molecule has 0 spiro atoms. The van der Waals surface area contributed by atoms with Crippen molar-refractivity contribution in [2.45, 2.75) is 38.3 Å². The molecule has 0 aromatic heterocycles. The third kappa shape index (κ3) is 3.94. The number of alkyl halides is 3. The van der Waals surface area contributed by atoms with E-state index in [1.807, 2.05) is 12.1 Å². The summed E-state index contributed by atoms with van der Waals surface area (Å²) in [6, 6.07) is 3.93. The van der Waals surface area contributed by atoms with Crippen molar-refractivity contribution in [3.63, 3.8) is 0 Å².